The second kappa shape index (κ2) is 3.67. The van der Waals surface area contributed by atoms with Crippen molar-refractivity contribution >= 4 is 13.3 Å². The first kappa shape index (κ1) is 12.3. The van der Waals surface area contributed by atoms with Crippen molar-refractivity contribution in [3.05, 3.63) is 23.8 Å². The van der Waals surface area contributed by atoms with Gasteiger partial charge in [-0.25, -0.2) is 0 Å². The van der Waals surface area contributed by atoms with E-state index in [9.17, 15) is 5.11 Å². The van der Waals surface area contributed by atoms with Crippen molar-refractivity contribution < 1.29 is 5.11 Å². The molecule has 0 fully saturated rings. The van der Waals surface area contributed by atoms with Crippen LogP contribution in [0.3, 0.4) is 0 Å². The Bertz CT molecular complexity index is 361. The van der Waals surface area contributed by atoms with Gasteiger partial charge in [-0.2, -0.15) is 0 Å². The molecule has 0 aliphatic heterocycles. The van der Waals surface area contributed by atoms with Gasteiger partial charge in [0.25, 0.3) is 0 Å². The Labute approximate surface area is 94.2 Å². The molecular weight excluding hydrogens is 200 g/mol. The van der Waals surface area contributed by atoms with E-state index in [1.165, 1.54) is 10.8 Å². The number of rotatable bonds is 1. The summed E-state index contributed by atoms with van der Waals surface area (Å²) in [5, 5.41) is 11.4. The highest BCUT2D eigenvalue weighted by Crippen LogP contribution is 2.37. The first-order valence-corrected chi connectivity index (χ1v) is 8.46. The van der Waals surface area contributed by atoms with Crippen molar-refractivity contribution in [2.24, 2.45) is 0 Å². The number of phenolic OH excluding ortho intramolecular Hbond substituents is 1. The Balaban J connectivity index is 3.32. The summed E-state index contributed by atoms with van der Waals surface area (Å²) in [5.74, 6) is 0.465. The van der Waals surface area contributed by atoms with E-state index < -0.39 is 8.07 Å². The van der Waals surface area contributed by atoms with Gasteiger partial charge in [0.1, 0.15) is 5.75 Å². The molecule has 0 atom stereocenters. The Morgan fingerprint density at radius 2 is 1.67 bits per heavy atom. The molecule has 0 saturated carbocycles. The normalized spacial score (nSPS) is 12.9. The van der Waals surface area contributed by atoms with E-state index in [0.717, 1.165) is 0 Å². The minimum Gasteiger partial charge on any atom is -0.508 e. The minimum atomic E-state index is -1.61. The summed E-state index contributed by atoms with van der Waals surface area (Å²) in [7, 11) is -1.61. The van der Waals surface area contributed by atoms with Gasteiger partial charge < -0.3 is 5.11 Å². The fourth-order valence-corrected chi connectivity index (χ4v) is 3.67. The lowest BCUT2D eigenvalue weighted by Gasteiger charge is -2.37. The average molecular weight is 222 g/mol. The smallest absolute Gasteiger partial charge is 0.114 e. The van der Waals surface area contributed by atoms with Gasteiger partial charge in [0.05, 0.1) is 8.07 Å². The van der Waals surface area contributed by atoms with Crippen LogP contribution in [0.15, 0.2) is 18.2 Å². The Morgan fingerprint density at radius 3 is 2.13 bits per heavy atom. The second-order valence-corrected chi connectivity index (χ2v) is 11.2. The van der Waals surface area contributed by atoms with Crippen molar-refractivity contribution in [3.8, 4) is 5.75 Å². The fourth-order valence-electron chi connectivity index (χ4n) is 1.55. The van der Waals surface area contributed by atoms with E-state index in [2.05, 4.69) is 46.9 Å². The predicted molar refractivity (Wildman–Crippen MR) is 69.7 cm³/mol. The molecule has 1 aromatic rings. The Kier molecular flexibility index (Phi) is 3.01. The lowest BCUT2D eigenvalue weighted by molar-refractivity contribution is 0.478. The van der Waals surface area contributed by atoms with Crippen LogP contribution in [0.1, 0.15) is 26.3 Å². The maximum absolute atomic E-state index is 9.97. The lowest BCUT2D eigenvalue weighted by Crippen LogP contribution is -2.49. The van der Waals surface area contributed by atoms with E-state index in [0.29, 0.717) is 5.75 Å². The number of hydrogen-bond donors (Lipinski definition) is 1. The predicted octanol–water partition coefficient (Wildman–Crippen LogP) is 3.42. The monoisotopic (exact) mass is 222 g/mol. The highest BCUT2D eigenvalue weighted by Gasteiger charge is 2.38. The van der Waals surface area contributed by atoms with E-state index in [4.69, 9.17) is 0 Å². The zero-order valence-electron chi connectivity index (χ0n) is 10.7. The van der Waals surface area contributed by atoms with Crippen LogP contribution in [0.5, 0.6) is 5.75 Å². The van der Waals surface area contributed by atoms with E-state index >= 15 is 0 Å². The fraction of sp³-hybridized carbons (Fsp3) is 0.538. The summed E-state index contributed by atoms with van der Waals surface area (Å²) in [4.78, 5) is 0. The van der Waals surface area contributed by atoms with E-state index in [1.807, 2.05) is 12.1 Å². The van der Waals surface area contributed by atoms with Gasteiger partial charge >= 0.3 is 0 Å². The summed E-state index contributed by atoms with van der Waals surface area (Å²) in [6, 6.07) is 5.93. The van der Waals surface area contributed by atoms with Crippen molar-refractivity contribution in [1.29, 1.82) is 0 Å². The number of phenols is 1. The van der Waals surface area contributed by atoms with Crippen molar-refractivity contribution in [1.82, 2.24) is 0 Å². The van der Waals surface area contributed by atoms with Crippen LogP contribution in [0.2, 0.25) is 18.1 Å². The highest BCUT2D eigenvalue weighted by molar-refractivity contribution is 6.92. The summed E-state index contributed by atoms with van der Waals surface area (Å²) in [6.07, 6.45) is 0. The van der Waals surface area contributed by atoms with Gasteiger partial charge in [-0.15, -0.1) is 0 Å². The van der Waals surface area contributed by atoms with Gasteiger partial charge in [-0.3, -0.25) is 0 Å². The van der Waals surface area contributed by atoms with Gasteiger partial charge in [-0.1, -0.05) is 51.6 Å². The molecule has 0 heterocycles. The number of hydrogen-bond acceptors (Lipinski definition) is 1. The molecule has 0 aliphatic rings. The zero-order chi connectivity index (χ0) is 11.9. The van der Waals surface area contributed by atoms with Crippen LogP contribution < -0.4 is 5.19 Å². The van der Waals surface area contributed by atoms with E-state index in [-0.39, 0.29) is 5.04 Å². The van der Waals surface area contributed by atoms with Crippen LogP contribution in [-0.4, -0.2) is 13.2 Å². The average Bonchev–Trinajstić information content (AvgIpc) is 2.07. The zero-order valence-corrected chi connectivity index (χ0v) is 11.7. The summed E-state index contributed by atoms with van der Waals surface area (Å²) in [5.41, 5.74) is 1.23. The summed E-state index contributed by atoms with van der Waals surface area (Å²) >= 11 is 0. The maximum atomic E-state index is 9.97. The molecule has 84 valence electrons. The van der Waals surface area contributed by atoms with Crippen LogP contribution in [-0.2, 0) is 0 Å². The third kappa shape index (κ3) is 2.25. The number of aryl methyl sites for hydroxylation is 1. The second-order valence-electron chi connectivity index (χ2n) is 5.90. The minimum absolute atomic E-state index is 0.262. The van der Waals surface area contributed by atoms with Crippen LogP contribution in [0.4, 0.5) is 0 Å². The quantitative estimate of drug-likeness (QED) is 0.722. The standard InChI is InChI=1S/C13H22OSi/c1-10-7-8-11(14)12(9-10)15(5,6)13(2,3)4/h7-9,14H,1-6H3. The third-order valence-corrected chi connectivity index (χ3v) is 9.20. The van der Waals surface area contributed by atoms with Crippen molar-refractivity contribution in [2.45, 2.75) is 45.8 Å². The Morgan fingerprint density at radius 1 is 1.13 bits per heavy atom. The summed E-state index contributed by atoms with van der Waals surface area (Å²) in [6.45, 7) is 13.5. The molecule has 0 bridgehead atoms. The van der Waals surface area contributed by atoms with Gasteiger partial charge in [-0.05, 0) is 23.2 Å². The largest absolute Gasteiger partial charge is 0.508 e. The van der Waals surface area contributed by atoms with Crippen LogP contribution in [0.25, 0.3) is 0 Å². The molecule has 1 nitrogen and oxygen atoms in total. The molecule has 1 N–H and O–H groups in total. The first-order valence-electron chi connectivity index (χ1n) is 5.46. The molecule has 0 aliphatic carbocycles. The number of benzene rings is 1. The number of aromatic hydroxyl groups is 1. The topological polar surface area (TPSA) is 20.2 Å². The Hall–Kier alpha value is -0.763. The molecule has 0 spiro atoms. The van der Waals surface area contributed by atoms with Crippen LogP contribution in [0, 0.1) is 6.92 Å². The molecule has 0 saturated heterocycles. The molecule has 1 rings (SSSR count). The van der Waals surface area contributed by atoms with Crippen molar-refractivity contribution in [3.63, 3.8) is 0 Å². The SMILES string of the molecule is Cc1ccc(O)c([Si](C)(C)C(C)(C)C)c1. The summed E-state index contributed by atoms with van der Waals surface area (Å²) < 4.78 is 0. The van der Waals surface area contributed by atoms with Crippen molar-refractivity contribution in [2.75, 3.05) is 0 Å². The first-order chi connectivity index (χ1) is 6.66. The molecular formula is C13H22OSi. The molecule has 0 aromatic heterocycles. The molecule has 0 amide bonds. The molecule has 15 heavy (non-hydrogen) atoms. The lowest BCUT2D eigenvalue weighted by atomic mass is 10.2. The molecule has 1 aromatic carbocycles. The third-order valence-electron chi connectivity index (χ3n) is 3.70. The van der Waals surface area contributed by atoms with Crippen LogP contribution >= 0.6 is 0 Å². The van der Waals surface area contributed by atoms with Gasteiger partial charge in [0.2, 0.25) is 0 Å². The highest BCUT2D eigenvalue weighted by atomic mass is 28.3. The molecule has 0 unspecified atom stereocenters. The van der Waals surface area contributed by atoms with E-state index in [1.54, 1.807) is 0 Å². The van der Waals surface area contributed by atoms with Gasteiger partial charge in [0.15, 0.2) is 0 Å². The molecule has 2 heteroatoms. The molecule has 0 radical (unpaired) electrons. The van der Waals surface area contributed by atoms with Gasteiger partial charge in [0, 0.05) is 0 Å². The maximum Gasteiger partial charge on any atom is 0.114 e.